The lowest BCUT2D eigenvalue weighted by Crippen LogP contribution is -2.46. The number of alkyl halides is 2. The lowest BCUT2D eigenvalue weighted by molar-refractivity contribution is -0.0813. The van der Waals surface area contributed by atoms with E-state index in [0.717, 1.165) is 19.4 Å². The van der Waals surface area contributed by atoms with E-state index >= 15 is 0 Å². The van der Waals surface area contributed by atoms with E-state index in [4.69, 9.17) is 0 Å². The second-order valence-electron chi connectivity index (χ2n) is 3.67. The van der Waals surface area contributed by atoms with Crippen LogP contribution in [-0.4, -0.2) is 19.0 Å². The number of hydrogen-bond donors (Lipinski definition) is 1. The summed E-state index contributed by atoms with van der Waals surface area (Å²) in [5, 5.41) is 2.74. The molecular formula is C8H13F2N. The highest BCUT2D eigenvalue weighted by Crippen LogP contribution is 2.46. The minimum Gasteiger partial charge on any atom is -0.311 e. The lowest BCUT2D eigenvalue weighted by atomic mass is 9.89. The Morgan fingerprint density at radius 1 is 1.18 bits per heavy atom. The van der Waals surface area contributed by atoms with Crippen molar-refractivity contribution in [2.24, 2.45) is 11.8 Å². The quantitative estimate of drug-likeness (QED) is 0.616. The van der Waals surface area contributed by atoms with Gasteiger partial charge in [-0.3, -0.25) is 0 Å². The summed E-state index contributed by atoms with van der Waals surface area (Å²) < 4.78 is 26.2. The highest BCUT2D eigenvalue weighted by molar-refractivity contribution is 4.93. The predicted molar refractivity (Wildman–Crippen MR) is 38.6 cm³/mol. The highest BCUT2D eigenvalue weighted by atomic mass is 19.3. The molecule has 1 unspecified atom stereocenters. The zero-order chi connectivity index (χ0) is 7.90. The van der Waals surface area contributed by atoms with Gasteiger partial charge in [-0.15, -0.1) is 0 Å². The maximum absolute atomic E-state index is 13.1. The molecule has 1 aliphatic heterocycles. The van der Waals surface area contributed by atoms with E-state index in [9.17, 15) is 8.78 Å². The van der Waals surface area contributed by atoms with Gasteiger partial charge >= 0.3 is 0 Å². The van der Waals surface area contributed by atoms with Gasteiger partial charge in [-0.05, 0) is 31.7 Å². The molecule has 1 atom stereocenters. The van der Waals surface area contributed by atoms with Crippen LogP contribution in [0.1, 0.15) is 19.3 Å². The van der Waals surface area contributed by atoms with Gasteiger partial charge in [0.2, 0.25) is 0 Å². The molecule has 1 saturated heterocycles. The first-order valence-electron chi connectivity index (χ1n) is 4.29. The summed E-state index contributed by atoms with van der Waals surface area (Å²) in [6.45, 7) is 0.672. The molecule has 3 heteroatoms. The van der Waals surface area contributed by atoms with Crippen molar-refractivity contribution >= 4 is 0 Å². The third-order valence-corrected chi connectivity index (χ3v) is 2.73. The van der Waals surface area contributed by atoms with E-state index in [2.05, 4.69) is 5.32 Å². The summed E-state index contributed by atoms with van der Waals surface area (Å²) in [5.41, 5.74) is 0. The van der Waals surface area contributed by atoms with Crippen LogP contribution in [0, 0.1) is 11.8 Å². The van der Waals surface area contributed by atoms with Gasteiger partial charge in [-0.25, -0.2) is 8.78 Å². The average Bonchev–Trinajstić information content (AvgIpc) is 2.69. The Morgan fingerprint density at radius 3 is 2.45 bits per heavy atom. The molecule has 1 N–H and O–H groups in total. The first-order chi connectivity index (χ1) is 5.20. The first-order valence-corrected chi connectivity index (χ1v) is 4.29. The van der Waals surface area contributed by atoms with E-state index < -0.39 is 5.92 Å². The second kappa shape index (κ2) is 2.41. The van der Waals surface area contributed by atoms with Crippen LogP contribution in [0.5, 0.6) is 0 Å². The minimum atomic E-state index is -2.43. The summed E-state index contributed by atoms with van der Waals surface area (Å²) in [6.07, 6.45) is 2.72. The topological polar surface area (TPSA) is 12.0 Å². The van der Waals surface area contributed by atoms with Crippen molar-refractivity contribution in [3.63, 3.8) is 0 Å². The van der Waals surface area contributed by atoms with Crippen molar-refractivity contribution in [3.05, 3.63) is 0 Å². The molecule has 0 aromatic heterocycles. The van der Waals surface area contributed by atoms with Crippen molar-refractivity contribution in [1.29, 1.82) is 0 Å². The maximum Gasteiger partial charge on any atom is 0.263 e. The van der Waals surface area contributed by atoms with Gasteiger partial charge in [0.05, 0.1) is 6.54 Å². The smallest absolute Gasteiger partial charge is 0.263 e. The van der Waals surface area contributed by atoms with E-state index in [1.807, 2.05) is 0 Å². The summed E-state index contributed by atoms with van der Waals surface area (Å²) in [4.78, 5) is 0. The predicted octanol–water partition coefficient (Wildman–Crippen LogP) is 1.64. The molecule has 0 aromatic rings. The standard InChI is InChI=1S/C8H13F2N/c9-8(10)5-11-4-3-7(8)6-1-2-6/h6-7,11H,1-5H2. The molecule has 64 valence electrons. The Labute approximate surface area is 65.2 Å². The zero-order valence-corrected chi connectivity index (χ0v) is 6.45. The number of rotatable bonds is 1. The molecule has 0 aromatic carbocycles. The van der Waals surface area contributed by atoms with Crippen LogP contribution in [0.25, 0.3) is 0 Å². The molecular weight excluding hydrogens is 148 g/mol. The van der Waals surface area contributed by atoms with Crippen LogP contribution in [0.2, 0.25) is 0 Å². The van der Waals surface area contributed by atoms with Crippen LogP contribution in [0.3, 0.4) is 0 Å². The second-order valence-corrected chi connectivity index (χ2v) is 3.67. The molecule has 11 heavy (non-hydrogen) atoms. The molecule has 2 aliphatic rings. The molecule has 2 rings (SSSR count). The fraction of sp³-hybridized carbons (Fsp3) is 1.00. The third-order valence-electron chi connectivity index (χ3n) is 2.73. The van der Waals surface area contributed by atoms with Crippen LogP contribution >= 0.6 is 0 Å². The van der Waals surface area contributed by atoms with E-state index in [1.54, 1.807) is 0 Å². The van der Waals surface area contributed by atoms with Gasteiger partial charge in [-0.2, -0.15) is 0 Å². The zero-order valence-electron chi connectivity index (χ0n) is 6.45. The first kappa shape index (κ1) is 7.47. The number of hydrogen-bond acceptors (Lipinski definition) is 1. The Morgan fingerprint density at radius 2 is 1.91 bits per heavy atom. The number of halogens is 2. The van der Waals surface area contributed by atoms with Gasteiger partial charge in [0, 0.05) is 5.92 Å². The fourth-order valence-corrected chi connectivity index (χ4v) is 1.93. The summed E-state index contributed by atoms with van der Waals surface area (Å²) >= 11 is 0. The largest absolute Gasteiger partial charge is 0.311 e. The molecule has 1 nitrogen and oxygen atoms in total. The van der Waals surface area contributed by atoms with E-state index in [-0.39, 0.29) is 12.5 Å². The van der Waals surface area contributed by atoms with Crippen molar-refractivity contribution in [2.75, 3.05) is 13.1 Å². The Balaban J connectivity index is 2.02. The van der Waals surface area contributed by atoms with E-state index in [1.165, 1.54) is 0 Å². The summed E-state index contributed by atoms with van der Waals surface area (Å²) in [5.74, 6) is -2.41. The molecule has 1 aliphatic carbocycles. The third kappa shape index (κ3) is 1.39. The number of piperidine rings is 1. The summed E-state index contributed by atoms with van der Waals surface area (Å²) in [6, 6.07) is 0. The molecule has 0 amide bonds. The van der Waals surface area contributed by atoms with Crippen molar-refractivity contribution < 1.29 is 8.78 Å². The van der Waals surface area contributed by atoms with Gasteiger partial charge in [0.15, 0.2) is 0 Å². The van der Waals surface area contributed by atoms with Gasteiger partial charge < -0.3 is 5.32 Å². The molecule has 2 fully saturated rings. The van der Waals surface area contributed by atoms with Crippen LogP contribution in [0.4, 0.5) is 8.78 Å². The lowest BCUT2D eigenvalue weighted by Gasteiger charge is -2.31. The number of nitrogens with one attached hydrogen (secondary N) is 1. The normalized spacial score (nSPS) is 37.1. The van der Waals surface area contributed by atoms with Crippen molar-refractivity contribution in [2.45, 2.75) is 25.2 Å². The van der Waals surface area contributed by atoms with Crippen molar-refractivity contribution in [3.8, 4) is 0 Å². The van der Waals surface area contributed by atoms with Crippen LogP contribution < -0.4 is 5.32 Å². The maximum atomic E-state index is 13.1. The highest BCUT2D eigenvalue weighted by Gasteiger charge is 2.48. The Kier molecular flexibility index (Phi) is 1.63. The Bertz CT molecular complexity index is 154. The SMILES string of the molecule is FC1(F)CNCCC1C1CC1. The molecule has 0 radical (unpaired) electrons. The fourth-order valence-electron chi connectivity index (χ4n) is 1.93. The average molecular weight is 161 g/mol. The van der Waals surface area contributed by atoms with Gasteiger partial charge in [0.1, 0.15) is 0 Å². The van der Waals surface area contributed by atoms with Crippen LogP contribution in [-0.2, 0) is 0 Å². The Hall–Kier alpha value is -0.180. The molecule has 1 saturated carbocycles. The monoisotopic (exact) mass is 161 g/mol. The molecule has 0 spiro atoms. The molecule has 0 bridgehead atoms. The minimum absolute atomic E-state index is 0.103. The van der Waals surface area contributed by atoms with E-state index in [0.29, 0.717) is 12.3 Å². The van der Waals surface area contributed by atoms with Crippen molar-refractivity contribution in [1.82, 2.24) is 5.32 Å². The van der Waals surface area contributed by atoms with Crippen LogP contribution in [0.15, 0.2) is 0 Å². The molecule has 1 heterocycles. The van der Waals surface area contributed by atoms with Gasteiger partial charge in [0.25, 0.3) is 5.92 Å². The van der Waals surface area contributed by atoms with Gasteiger partial charge in [-0.1, -0.05) is 0 Å². The summed E-state index contributed by atoms with van der Waals surface area (Å²) in [7, 11) is 0.